The Morgan fingerprint density at radius 3 is 2.41 bits per heavy atom. The molecule has 1 aliphatic heterocycles. The molecule has 1 aromatic carbocycles. The molecule has 0 N–H and O–H groups in total. The lowest BCUT2D eigenvalue weighted by Gasteiger charge is -2.00. The molecule has 2 heterocycles. The van der Waals surface area contributed by atoms with Crippen LogP contribution in [0.3, 0.4) is 0 Å². The van der Waals surface area contributed by atoms with Crippen LogP contribution in [0.5, 0.6) is 0 Å². The standard InChI is InChI=1S/C13H7NO3/c15-12-9-6-7-10(8-4-2-1-3-5-8)14-11(9)13(16)17-12/h1-7H. The molecular formula is C13H7NO3. The van der Waals surface area contributed by atoms with Gasteiger partial charge in [-0.3, -0.25) is 0 Å². The number of cyclic esters (lactones) is 2. The van der Waals surface area contributed by atoms with Gasteiger partial charge in [0.15, 0.2) is 5.69 Å². The van der Waals surface area contributed by atoms with Crippen molar-refractivity contribution < 1.29 is 14.3 Å². The Kier molecular flexibility index (Phi) is 2.01. The van der Waals surface area contributed by atoms with E-state index in [1.54, 1.807) is 12.1 Å². The number of rotatable bonds is 1. The van der Waals surface area contributed by atoms with E-state index < -0.39 is 11.9 Å². The van der Waals surface area contributed by atoms with Gasteiger partial charge in [0.1, 0.15) is 0 Å². The molecule has 0 atom stereocenters. The van der Waals surface area contributed by atoms with Crippen LogP contribution in [0, 0.1) is 0 Å². The first-order chi connectivity index (χ1) is 8.25. The summed E-state index contributed by atoms with van der Waals surface area (Å²) in [5, 5.41) is 0. The smallest absolute Gasteiger partial charge is 0.365 e. The molecule has 0 amide bonds. The summed E-state index contributed by atoms with van der Waals surface area (Å²) in [4.78, 5) is 26.8. The van der Waals surface area contributed by atoms with Crippen LogP contribution in [-0.4, -0.2) is 16.9 Å². The second kappa shape index (κ2) is 3.52. The Hall–Kier alpha value is -2.49. The van der Waals surface area contributed by atoms with Crippen LogP contribution in [0.2, 0.25) is 0 Å². The molecule has 0 saturated heterocycles. The van der Waals surface area contributed by atoms with E-state index in [1.165, 1.54) is 0 Å². The number of nitrogens with zero attached hydrogens (tertiary/aromatic N) is 1. The maximum Gasteiger partial charge on any atom is 0.365 e. The minimum atomic E-state index is -0.678. The minimum absolute atomic E-state index is 0.0938. The molecule has 2 aromatic rings. The van der Waals surface area contributed by atoms with Gasteiger partial charge in [0.05, 0.1) is 11.3 Å². The molecule has 1 aromatic heterocycles. The molecule has 4 heteroatoms. The van der Waals surface area contributed by atoms with Gasteiger partial charge in [0, 0.05) is 5.56 Å². The van der Waals surface area contributed by atoms with E-state index in [0.717, 1.165) is 5.56 Å². The Bertz CT molecular complexity index is 620. The maximum atomic E-state index is 11.4. The van der Waals surface area contributed by atoms with Gasteiger partial charge in [0.2, 0.25) is 0 Å². The van der Waals surface area contributed by atoms with Crippen LogP contribution in [0.4, 0.5) is 0 Å². The summed E-state index contributed by atoms with van der Waals surface area (Å²) >= 11 is 0. The van der Waals surface area contributed by atoms with Crippen molar-refractivity contribution in [3.63, 3.8) is 0 Å². The Morgan fingerprint density at radius 2 is 1.65 bits per heavy atom. The zero-order valence-corrected chi connectivity index (χ0v) is 8.71. The van der Waals surface area contributed by atoms with Crippen molar-refractivity contribution >= 4 is 11.9 Å². The van der Waals surface area contributed by atoms with Crippen molar-refractivity contribution in [1.29, 1.82) is 0 Å². The van der Waals surface area contributed by atoms with Crippen molar-refractivity contribution in [1.82, 2.24) is 4.98 Å². The number of esters is 2. The molecule has 82 valence electrons. The highest BCUT2D eigenvalue weighted by Crippen LogP contribution is 2.23. The van der Waals surface area contributed by atoms with Crippen LogP contribution in [0.25, 0.3) is 11.3 Å². The molecule has 0 bridgehead atoms. The highest BCUT2D eigenvalue weighted by molar-refractivity contribution is 6.13. The van der Waals surface area contributed by atoms with E-state index in [-0.39, 0.29) is 11.3 Å². The monoisotopic (exact) mass is 225 g/mol. The Morgan fingerprint density at radius 1 is 0.882 bits per heavy atom. The fourth-order valence-electron chi connectivity index (χ4n) is 1.74. The van der Waals surface area contributed by atoms with Crippen LogP contribution in [0.15, 0.2) is 42.5 Å². The Labute approximate surface area is 96.9 Å². The Balaban J connectivity index is 2.15. The largest absolute Gasteiger partial charge is 0.384 e. The second-order valence-corrected chi connectivity index (χ2v) is 3.64. The lowest BCUT2D eigenvalue weighted by molar-refractivity contribution is 0.0441. The molecule has 17 heavy (non-hydrogen) atoms. The van der Waals surface area contributed by atoms with Gasteiger partial charge in [-0.2, -0.15) is 0 Å². The third kappa shape index (κ3) is 1.50. The minimum Gasteiger partial charge on any atom is -0.384 e. The fourth-order valence-corrected chi connectivity index (χ4v) is 1.74. The summed E-state index contributed by atoms with van der Waals surface area (Å²) in [6.45, 7) is 0. The molecule has 0 spiro atoms. The maximum absolute atomic E-state index is 11.4. The summed E-state index contributed by atoms with van der Waals surface area (Å²) in [6.07, 6.45) is 0. The topological polar surface area (TPSA) is 56.3 Å². The highest BCUT2D eigenvalue weighted by atomic mass is 16.6. The third-order valence-electron chi connectivity index (χ3n) is 2.56. The van der Waals surface area contributed by atoms with Gasteiger partial charge in [-0.25, -0.2) is 14.6 Å². The molecule has 0 radical (unpaired) electrons. The summed E-state index contributed by atoms with van der Waals surface area (Å²) < 4.78 is 4.48. The van der Waals surface area contributed by atoms with Crippen molar-refractivity contribution in [2.75, 3.05) is 0 Å². The fraction of sp³-hybridized carbons (Fsp3) is 0. The number of hydrogen-bond acceptors (Lipinski definition) is 4. The van der Waals surface area contributed by atoms with Crippen molar-refractivity contribution in [2.24, 2.45) is 0 Å². The summed E-state index contributed by atoms with van der Waals surface area (Å²) in [5.74, 6) is -1.31. The van der Waals surface area contributed by atoms with Gasteiger partial charge in [-0.15, -0.1) is 0 Å². The van der Waals surface area contributed by atoms with E-state index in [9.17, 15) is 9.59 Å². The number of pyridine rings is 1. The molecule has 0 aliphatic carbocycles. The highest BCUT2D eigenvalue weighted by Gasteiger charge is 2.31. The van der Waals surface area contributed by atoms with Crippen LogP contribution < -0.4 is 0 Å². The average molecular weight is 225 g/mol. The van der Waals surface area contributed by atoms with E-state index in [0.29, 0.717) is 5.69 Å². The second-order valence-electron chi connectivity index (χ2n) is 3.64. The molecule has 3 rings (SSSR count). The lowest BCUT2D eigenvalue weighted by Crippen LogP contribution is -1.99. The number of hydrogen-bond donors (Lipinski definition) is 0. The van der Waals surface area contributed by atoms with E-state index in [1.807, 2.05) is 30.3 Å². The van der Waals surface area contributed by atoms with E-state index in [2.05, 4.69) is 9.72 Å². The van der Waals surface area contributed by atoms with Crippen molar-refractivity contribution in [3.8, 4) is 11.3 Å². The average Bonchev–Trinajstić information content (AvgIpc) is 2.66. The van der Waals surface area contributed by atoms with Crippen LogP contribution in [-0.2, 0) is 4.74 Å². The van der Waals surface area contributed by atoms with Gasteiger partial charge in [0.25, 0.3) is 0 Å². The molecule has 0 fully saturated rings. The predicted octanol–water partition coefficient (Wildman–Crippen LogP) is 2.06. The number of carbonyl (C=O) groups excluding carboxylic acids is 2. The van der Waals surface area contributed by atoms with Crippen molar-refractivity contribution in [2.45, 2.75) is 0 Å². The summed E-state index contributed by atoms with van der Waals surface area (Å²) in [6, 6.07) is 12.7. The summed E-state index contributed by atoms with van der Waals surface area (Å²) in [5.41, 5.74) is 1.87. The third-order valence-corrected chi connectivity index (χ3v) is 2.56. The quantitative estimate of drug-likeness (QED) is 0.550. The van der Waals surface area contributed by atoms with E-state index >= 15 is 0 Å². The number of aromatic nitrogens is 1. The zero-order chi connectivity index (χ0) is 11.8. The van der Waals surface area contributed by atoms with Crippen molar-refractivity contribution in [3.05, 3.63) is 53.7 Å². The van der Waals surface area contributed by atoms with Gasteiger partial charge < -0.3 is 4.74 Å². The van der Waals surface area contributed by atoms with Crippen LogP contribution in [0.1, 0.15) is 20.8 Å². The molecule has 0 unspecified atom stereocenters. The first-order valence-electron chi connectivity index (χ1n) is 5.09. The molecular weight excluding hydrogens is 218 g/mol. The predicted molar refractivity (Wildman–Crippen MR) is 59.4 cm³/mol. The normalized spacial score (nSPS) is 13.4. The number of benzene rings is 1. The number of ether oxygens (including phenoxy) is 1. The van der Waals surface area contributed by atoms with Crippen LogP contribution >= 0.6 is 0 Å². The number of fused-ring (bicyclic) bond motifs is 1. The molecule has 1 aliphatic rings. The van der Waals surface area contributed by atoms with E-state index in [4.69, 9.17) is 0 Å². The zero-order valence-electron chi connectivity index (χ0n) is 8.71. The summed E-state index contributed by atoms with van der Waals surface area (Å²) in [7, 11) is 0. The lowest BCUT2D eigenvalue weighted by atomic mass is 10.1. The molecule has 4 nitrogen and oxygen atoms in total. The van der Waals surface area contributed by atoms with Gasteiger partial charge in [-0.1, -0.05) is 30.3 Å². The SMILES string of the molecule is O=C1OC(=O)c2nc(-c3ccccc3)ccc21. The number of carbonyl (C=O) groups is 2. The van der Waals surface area contributed by atoms with Gasteiger partial charge in [-0.05, 0) is 12.1 Å². The first-order valence-corrected chi connectivity index (χ1v) is 5.09. The first kappa shape index (κ1) is 9.72. The molecule has 0 saturated carbocycles. The van der Waals surface area contributed by atoms with Gasteiger partial charge >= 0.3 is 11.9 Å².